The molecule has 0 aromatic heterocycles. The number of hydrogen-bond acceptors (Lipinski definition) is 2. The Labute approximate surface area is 113 Å². The van der Waals surface area contributed by atoms with E-state index >= 15 is 0 Å². The molecule has 5 heteroatoms. The molecular formula is C13H20ClFN2O. The molecule has 1 rings (SSSR count). The Balaban J connectivity index is 0.00000289. The van der Waals surface area contributed by atoms with Crippen LogP contribution in [0.3, 0.4) is 0 Å². The van der Waals surface area contributed by atoms with Crippen LogP contribution in [0, 0.1) is 18.7 Å². The van der Waals surface area contributed by atoms with Gasteiger partial charge in [0.15, 0.2) is 0 Å². The van der Waals surface area contributed by atoms with Crippen molar-refractivity contribution in [1.82, 2.24) is 0 Å². The van der Waals surface area contributed by atoms with Gasteiger partial charge in [-0.15, -0.1) is 12.4 Å². The maximum atomic E-state index is 12.9. The summed E-state index contributed by atoms with van der Waals surface area (Å²) in [6, 6.07) is 3.71. The van der Waals surface area contributed by atoms with Crippen molar-refractivity contribution in [3.05, 3.63) is 29.6 Å². The first-order valence-corrected chi connectivity index (χ1v) is 5.78. The van der Waals surface area contributed by atoms with Crippen molar-refractivity contribution in [3.8, 4) is 0 Å². The highest BCUT2D eigenvalue weighted by molar-refractivity contribution is 5.95. The SMILES string of the molecule is CCC(C)C(N)C(=O)Nc1ccc(F)cc1C.Cl. The molecule has 0 heterocycles. The van der Waals surface area contributed by atoms with E-state index in [0.29, 0.717) is 11.3 Å². The minimum Gasteiger partial charge on any atom is -0.324 e. The van der Waals surface area contributed by atoms with Crippen molar-refractivity contribution >= 4 is 24.0 Å². The Hall–Kier alpha value is -1.13. The number of aryl methyl sites for hydroxylation is 1. The number of anilines is 1. The molecule has 0 saturated heterocycles. The van der Waals surface area contributed by atoms with Crippen LogP contribution in [0.1, 0.15) is 25.8 Å². The summed E-state index contributed by atoms with van der Waals surface area (Å²) in [4.78, 5) is 11.8. The number of hydrogen-bond donors (Lipinski definition) is 2. The third-order valence-electron chi connectivity index (χ3n) is 3.01. The van der Waals surface area contributed by atoms with E-state index in [1.54, 1.807) is 13.0 Å². The summed E-state index contributed by atoms with van der Waals surface area (Å²) in [6.45, 7) is 5.66. The lowest BCUT2D eigenvalue weighted by Crippen LogP contribution is -2.40. The number of carbonyl (C=O) groups is 1. The Kier molecular flexibility index (Phi) is 6.88. The fourth-order valence-corrected chi connectivity index (χ4v) is 1.50. The molecule has 102 valence electrons. The first kappa shape index (κ1) is 16.9. The Morgan fingerprint density at radius 1 is 1.50 bits per heavy atom. The van der Waals surface area contributed by atoms with Crippen molar-refractivity contribution in [3.63, 3.8) is 0 Å². The minimum absolute atomic E-state index is 0. The van der Waals surface area contributed by atoms with Crippen molar-refractivity contribution < 1.29 is 9.18 Å². The number of benzene rings is 1. The maximum absolute atomic E-state index is 12.9. The summed E-state index contributed by atoms with van der Waals surface area (Å²) in [5, 5.41) is 2.72. The molecule has 2 atom stereocenters. The molecule has 0 bridgehead atoms. The number of nitrogens with two attached hydrogens (primary N) is 1. The number of amides is 1. The molecule has 0 aliphatic carbocycles. The van der Waals surface area contributed by atoms with Crippen molar-refractivity contribution in [2.24, 2.45) is 11.7 Å². The van der Waals surface area contributed by atoms with Crippen LogP contribution in [0.2, 0.25) is 0 Å². The normalized spacial score (nSPS) is 13.4. The first-order valence-electron chi connectivity index (χ1n) is 5.78. The molecule has 2 unspecified atom stereocenters. The lowest BCUT2D eigenvalue weighted by atomic mass is 9.99. The van der Waals surface area contributed by atoms with Crippen LogP contribution < -0.4 is 11.1 Å². The van der Waals surface area contributed by atoms with Gasteiger partial charge in [-0.3, -0.25) is 4.79 Å². The van der Waals surface area contributed by atoms with Gasteiger partial charge in [0.25, 0.3) is 0 Å². The second-order valence-corrected chi connectivity index (χ2v) is 4.36. The van der Waals surface area contributed by atoms with E-state index in [9.17, 15) is 9.18 Å². The predicted molar refractivity (Wildman–Crippen MR) is 74.4 cm³/mol. The summed E-state index contributed by atoms with van der Waals surface area (Å²) in [6.07, 6.45) is 0.844. The fourth-order valence-electron chi connectivity index (χ4n) is 1.50. The standard InChI is InChI=1S/C13H19FN2O.ClH/c1-4-8(2)12(15)13(17)16-11-6-5-10(14)7-9(11)3;/h5-8,12H,4,15H2,1-3H3,(H,16,17);1H. The van der Waals surface area contributed by atoms with Crippen LogP contribution >= 0.6 is 12.4 Å². The molecule has 0 fully saturated rings. The van der Waals surface area contributed by atoms with E-state index in [0.717, 1.165) is 6.42 Å². The van der Waals surface area contributed by atoms with Gasteiger partial charge >= 0.3 is 0 Å². The van der Waals surface area contributed by atoms with Gasteiger partial charge in [-0.2, -0.15) is 0 Å². The first-order chi connectivity index (χ1) is 7.95. The maximum Gasteiger partial charge on any atom is 0.241 e. The van der Waals surface area contributed by atoms with Crippen LogP contribution in [-0.4, -0.2) is 11.9 Å². The van der Waals surface area contributed by atoms with Gasteiger partial charge in [0.1, 0.15) is 5.82 Å². The number of nitrogens with one attached hydrogen (secondary N) is 1. The van der Waals surface area contributed by atoms with Crippen molar-refractivity contribution in [1.29, 1.82) is 0 Å². The Bertz CT molecular complexity index is 412. The second-order valence-electron chi connectivity index (χ2n) is 4.36. The topological polar surface area (TPSA) is 55.1 Å². The zero-order chi connectivity index (χ0) is 13.0. The number of rotatable bonds is 4. The van der Waals surface area contributed by atoms with Crippen molar-refractivity contribution in [2.45, 2.75) is 33.2 Å². The predicted octanol–water partition coefficient (Wildman–Crippen LogP) is 2.87. The monoisotopic (exact) mass is 274 g/mol. The highest BCUT2D eigenvalue weighted by atomic mass is 35.5. The van der Waals surface area contributed by atoms with E-state index < -0.39 is 6.04 Å². The van der Waals surface area contributed by atoms with Crippen LogP contribution in [0.25, 0.3) is 0 Å². The Morgan fingerprint density at radius 2 is 2.11 bits per heavy atom. The molecule has 3 N–H and O–H groups in total. The molecule has 18 heavy (non-hydrogen) atoms. The molecule has 1 amide bonds. The lowest BCUT2D eigenvalue weighted by molar-refractivity contribution is -0.118. The van der Waals surface area contributed by atoms with Gasteiger partial charge in [-0.05, 0) is 36.6 Å². The molecule has 0 aliphatic rings. The molecule has 0 radical (unpaired) electrons. The quantitative estimate of drug-likeness (QED) is 0.887. The molecule has 1 aromatic rings. The van der Waals surface area contributed by atoms with Gasteiger partial charge in [-0.1, -0.05) is 20.3 Å². The third kappa shape index (κ3) is 4.27. The molecule has 0 saturated carbocycles. The van der Waals surface area contributed by atoms with Crippen LogP contribution in [0.4, 0.5) is 10.1 Å². The van der Waals surface area contributed by atoms with Gasteiger partial charge in [0, 0.05) is 5.69 Å². The zero-order valence-corrected chi connectivity index (χ0v) is 11.7. The summed E-state index contributed by atoms with van der Waals surface area (Å²) in [5.74, 6) is -0.420. The average Bonchev–Trinajstić information content (AvgIpc) is 2.30. The van der Waals surface area contributed by atoms with Crippen LogP contribution in [0.15, 0.2) is 18.2 Å². The number of halogens is 2. The molecule has 1 aromatic carbocycles. The van der Waals surface area contributed by atoms with Crippen LogP contribution in [0.5, 0.6) is 0 Å². The largest absolute Gasteiger partial charge is 0.324 e. The summed E-state index contributed by atoms with van der Waals surface area (Å²) < 4.78 is 12.9. The smallest absolute Gasteiger partial charge is 0.241 e. The Morgan fingerprint density at radius 3 is 2.61 bits per heavy atom. The summed E-state index contributed by atoms with van der Waals surface area (Å²) >= 11 is 0. The van der Waals surface area contributed by atoms with Crippen molar-refractivity contribution in [2.75, 3.05) is 5.32 Å². The summed E-state index contributed by atoms with van der Waals surface area (Å²) in [7, 11) is 0. The summed E-state index contributed by atoms with van der Waals surface area (Å²) in [5.41, 5.74) is 7.11. The molecular weight excluding hydrogens is 255 g/mol. The van der Waals surface area contributed by atoms with E-state index in [4.69, 9.17) is 5.73 Å². The van der Waals surface area contributed by atoms with Crippen LogP contribution in [-0.2, 0) is 4.79 Å². The van der Waals surface area contributed by atoms with E-state index in [1.807, 2.05) is 13.8 Å². The molecule has 0 aliphatic heterocycles. The highest BCUT2D eigenvalue weighted by Gasteiger charge is 2.19. The van der Waals surface area contributed by atoms with Gasteiger partial charge in [-0.25, -0.2) is 4.39 Å². The lowest BCUT2D eigenvalue weighted by Gasteiger charge is -2.18. The molecule has 3 nitrogen and oxygen atoms in total. The van der Waals surface area contributed by atoms with Gasteiger partial charge in [0.2, 0.25) is 5.91 Å². The minimum atomic E-state index is -0.538. The van der Waals surface area contributed by atoms with Gasteiger partial charge < -0.3 is 11.1 Å². The zero-order valence-electron chi connectivity index (χ0n) is 10.9. The van der Waals surface area contributed by atoms with E-state index in [2.05, 4.69) is 5.32 Å². The highest BCUT2D eigenvalue weighted by Crippen LogP contribution is 2.16. The third-order valence-corrected chi connectivity index (χ3v) is 3.01. The fraction of sp³-hybridized carbons (Fsp3) is 0.462. The van der Waals surface area contributed by atoms with Gasteiger partial charge in [0.05, 0.1) is 6.04 Å². The molecule has 0 spiro atoms. The second kappa shape index (κ2) is 7.34. The average molecular weight is 275 g/mol. The van der Waals surface area contributed by atoms with E-state index in [1.165, 1.54) is 12.1 Å². The number of carbonyl (C=O) groups excluding carboxylic acids is 1. The van der Waals surface area contributed by atoms with E-state index in [-0.39, 0.29) is 30.0 Å².